The van der Waals surface area contributed by atoms with E-state index in [-0.39, 0.29) is 19.8 Å². The van der Waals surface area contributed by atoms with Crippen LogP contribution >= 0.6 is 0 Å². The van der Waals surface area contributed by atoms with Gasteiger partial charge in [-0.2, -0.15) is 0 Å². The first-order valence-electron chi connectivity index (χ1n) is 7.57. The molecule has 0 aromatic heterocycles. The predicted molar refractivity (Wildman–Crippen MR) is 88.8 cm³/mol. The summed E-state index contributed by atoms with van der Waals surface area (Å²) in [5, 5.41) is 2.41. The molecule has 1 atom stereocenters. The Hall–Kier alpha value is -2.86. The quantitative estimate of drug-likeness (QED) is 0.759. The van der Waals surface area contributed by atoms with Gasteiger partial charge in [-0.05, 0) is 11.1 Å². The summed E-state index contributed by atoms with van der Waals surface area (Å²) >= 11 is 0. The normalized spacial score (nSPS) is 11.4. The number of nitrogens with one attached hydrogen (secondary N) is 1. The predicted octanol–water partition coefficient (Wildman–Crippen LogP) is 1.98. The minimum absolute atomic E-state index is 0.0753. The van der Waals surface area contributed by atoms with Gasteiger partial charge in [-0.1, -0.05) is 60.7 Å². The van der Waals surface area contributed by atoms with Crippen LogP contribution in [0.5, 0.6) is 0 Å². The number of rotatable bonds is 7. The molecule has 1 amide bonds. The first-order valence-corrected chi connectivity index (χ1v) is 7.57. The molecule has 0 saturated heterocycles. The highest BCUT2D eigenvalue weighted by Gasteiger charge is 2.21. The minimum Gasteiger partial charge on any atom is -0.459 e. The Bertz CT molecular complexity index is 647. The van der Waals surface area contributed by atoms with Gasteiger partial charge in [0, 0.05) is 6.54 Å². The van der Waals surface area contributed by atoms with Crippen LogP contribution in [0.3, 0.4) is 0 Å². The lowest BCUT2D eigenvalue weighted by Crippen LogP contribution is -2.46. The second kappa shape index (κ2) is 9.32. The van der Waals surface area contributed by atoms with Crippen molar-refractivity contribution in [1.82, 2.24) is 5.32 Å². The smallest absolute Gasteiger partial charge is 0.408 e. The third-order valence-corrected chi connectivity index (χ3v) is 3.25. The molecule has 126 valence electrons. The van der Waals surface area contributed by atoms with Gasteiger partial charge in [0.15, 0.2) is 0 Å². The molecule has 0 spiro atoms. The van der Waals surface area contributed by atoms with Crippen LogP contribution in [0.15, 0.2) is 60.7 Å². The molecule has 0 bridgehead atoms. The second-order valence-corrected chi connectivity index (χ2v) is 5.09. The second-order valence-electron chi connectivity index (χ2n) is 5.09. The largest absolute Gasteiger partial charge is 0.459 e. The van der Waals surface area contributed by atoms with Crippen LogP contribution in [0.25, 0.3) is 0 Å². The minimum atomic E-state index is -0.947. The van der Waals surface area contributed by atoms with Crippen molar-refractivity contribution in [3.8, 4) is 0 Å². The van der Waals surface area contributed by atoms with E-state index in [9.17, 15) is 9.59 Å². The summed E-state index contributed by atoms with van der Waals surface area (Å²) in [7, 11) is 0. The van der Waals surface area contributed by atoms with Gasteiger partial charge in [-0.3, -0.25) is 0 Å². The summed E-state index contributed by atoms with van der Waals surface area (Å²) in [6.45, 7) is 0.161. The van der Waals surface area contributed by atoms with Gasteiger partial charge in [-0.25, -0.2) is 9.59 Å². The molecule has 3 N–H and O–H groups in total. The molecule has 0 aliphatic heterocycles. The number of carbonyl (C=O) groups is 2. The van der Waals surface area contributed by atoms with E-state index in [1.165, 1.54) is 0 Å². The number of alkyl carbamates (subject to hydrolysis) is 1. The standard InChI is InChI=1S/C18H20N2O4/c19-11-16(17(21)23-12-14-7-3-1-4-8-14)20-18(22)24-13-15-9-5-2-6-10-15/h1-10,16H,11-13,19H2,(H,20,22). The molecule has 2 rings (SSSR count). The van der Waals surface area contributed by atoms with Crippen LogP contribution in [-0.2, 0) is 27.5 Å². The van der Waals surface area contributed by atoms with Gasteiger partial charge >= 0.3 is 12.1 Å². The Labute approximate surface area is 140 Å². The zero-order chi connectivity index (χ0) is 17.2. The molecular weight excluding hydrogens is 308 g/mol. The van der Waals surface area contributed by atoms with Crippen LogP contribution in [0, 0.1) is 0 Å². The fourth-order valence-corrected chi connectivity index (χ4v) is 1.95. The van der Waals surface area contributed by atoms with E-state index in [0.717, 1.165) is 11.1 Å². The zero-order valence-electron chi connectivity index (χ0n) is 13.2. The third-order valence-electron chi connectivity index (χ3n) is 3.25. The Balaban J connectivity index is 1.77. The number of nitrogens with two attached hydrogens (primary N) is 1. The summed E-state index contributed by atoms with van der Waals surface area (Å²) in [5.41, 5.74) is 7.23. The lowest BCUT2D eigenvalue weighted by molar-refractivity contribution is -0.147. The Kier molecular flexibility index (Phi) is 6.79. The summed E-state index contributed by atoms with van der Waals surface area (Å²) in [5.74, 6) is -0.599. The molecular formula is C18H20N2O4. The third kappa shape index (κ3) is 5.73. The highest BCUT2D eigenvalue weighted by Crippen LogP contribution is 2.03. The van der Waals surface area contributed by atoms with Gasteiger partial charge in [0.05, 0.1) is 0 Å². The van der Waals surface area contributed by atoms with Crippen molar-refractivity contribution in [3.05, 3.63) is 71.8 Å². The maximum atomic E-state index is 12.0. The van der Waals surface area contributed by atoms with Crippen LogP contribution in [0.4, 0.5) is 4.79 Å². The zero-order valence-corrected chi connectivity index (χ0v) is 13.2. The maximum Gasteiger partial charge on any atom is 0.408 e. The number of hydrogen-bond donors (Lipinski definition) is 2. The lowest BCUT2D eigenvalue weighted by atomic mass is 10.2. The summed E-state index contributed by atoms with van der Waals surface area (Å²) in [6.07, 6.45) is -0.717. The summed E-state index contributed by atoms with van der Waals surface area (Å²) < 4.78 is 10.2. The summed E-state index contributed by atoms with van der Waals surface area (Å²) in [6, 6.07) is 17.5. The number of ether oxygens (including phenoxy) is 2. The molecule has 0 radical (unpaired) electrons. The topological polar surface area (TPSA) is 90.6 Å². The maximum absolute atomic E-state index is 12.0. The molecule has 0 aliphatic rings. The average molecular weight is 328 g/mol. The summed E-state index contributed by atoms with van der Waals surface area (Å²) in [4.78, 5) is 23.8. The van der Waals surface area contributed by atoms with Crippen molar-refractivity contribution in [2.24, 2.45) is 5.73 Å². The Morgan fingerprint density at radius 3 is 1.88 bits per heavy atom. The first kappa shape index (κ1) is 17.5. The average Bonchev–Trinajstić information content (AvgIpc) is 2.64. The van der Waals surface area contributed by atoms with E-state index in [1.54, 1.807) is 0 Å². The van der Waals surface area contributed by atoms with Gasteiger partial charge in [-0.15, -0.1) is 0 Å². The SMILES string of the molecule is NCC(NC(=O)OCc1ccccc1)C(=O)OCc1ccccc1. The fraction of sp³-hybridized carbons (Fsp3) is 0.222. The van der Waals surface area contributed by atoms with E-state index in [2.05, 4.69) is 5.32 Å². The van der Waals surface area contributed by atoms with Crippen molar-refractivity contribution in [1.29, 1.82) is 0 Å². The molecule has 2 aromatic carbocycles. The van der Waals surface area contributed by atoms with E-state index < -0.39 is 18.1 Å². The van der Waals surface area contributed by atoms with Gasteiger partial charge in [0.25, 0.3) is 0 Å². The van der Waals surface area contributed by atoms with Crippen LogP contribution < -0.4 is 11.1 Å². The lowest BCUT2D eigenvalue weighted by Gasteiger charge is -2.16. The van der Waals surface area contributed by atoms with Crippen molar-refractivity contribution >= 4 is 12.1 Å². The highest BCUT2D eigenvalue weighted by molar-refractivity contribution is 5.81. The molecule has 0 fully saturated rings. The van der Waals surface area contributed by atoms with Gasteiger partial charge < -0.3 is 20.5 Å². The van der Waals surface area contributed by atoms with Crippen molar-refractivity contribution in [3.63, 3.8) is 0 Å². The molecule has 6 nitrogen and oxygen atoms in total. The van der Waals surface area contributed by atoms with E-state index in [4.69, 9.17) is 15.2 Å². The van der Waals surface area contributed by atoms with Crippen molar-refractivity contribution in [2.45, 2.75) is 19.3 Å². The van der Waals surface area contributed by atoms with E-state index in [1.807, 2.05) is 60.7 Å². The van der Waals surface area contributed by atoms with E-state index >= 15 is 0 Å². The van der Waals surface area contributed by atoms with Crippen molar-refractivity contribution in [2.75, 3.05) is 6.54 Å². The first-order chi connectivity index (χ1) is 11.7. The van der Waals surface area contributed by atoms with Gasteiger partial charge in [0.2, 0.25) is 0 Å². The Morgan fingerprint density at radius 2 is 1.38 bits per heavy atom. The van der Waals surface area contributed by atoms with Gasteiger partial charge in [0.1, 0.15) is 19.3 Å². The molecule has 1 unspecified atom stereocenters. The highest BCUT2D eigenvalue weighted by atomic mass is 16.6. The molecule has 0 heterocycles. The van der Waals surface area contributed by atoms with Crippen LogP contribution in [0.1, 0.15) is 11.1 Å². The number of amides is 1. The molecule has 0 aliphatic carbocycles. The van der Waals surface area contributed by atoms with Crippen LogP contribution in [0.2, 0.25) is 0 Å². The monoisotopic (exact) mass is 328 g/mol. The molecule has 2 aromatic rings. The van der Waals surface area contributed by atoms with Crippen LogP contribution in [-0.4, -0.2) is 24.6 Å². The Morgan fingerprint density at radius 1 is 0.875 bits per heavy atom. The number of carbonyl (C=O) groups excluding carboxylic acids is 2. The number of esters is 1. The number of hydrogen-bond acceptors (Lipinski definition) is 5. The molecule has 6 heteroatoms. The molecule has 0 saturated carbocycles. The molecule has 24 heavy (non-hydrogen) atoms. The fourth-order valence-electron chi connectivity index (χ4n) is 1.95. The van der Waals surface area contributed by atoms with Crippen molar-refractivity contribution < 1.29 is 19.1 Å². The van der Waals surface area contributed by atoms with E-state index in [0.29, 0.717) is 0 Å². The number of benzene rings is 2.